The average Bonchev–Trinajstić information content (AvgIpc) is 2.45. The highest BCUT2D eigenvalue weighted by atomic mass is 16.5. The molecule has 1 saturated carbocycles. The fourth-order valence-corrected chi connectivity index (χ4v) is 2.72. The van der Waals surface area contributed by atoms with E-state index in [1.54, 1.807) is 12.1 Å². The molecule has 2 rings (SSSR count). The molecule has 4 heteroatoms. The summed E-state index contributed by atoms with van der Waals surface area (Å²) >= 11 is 0. The van der Waals surface area contributed by atoms with E-state index in [4.69, 9.17) is 10.5 Å². The summed E-state index contributed by atoms with van der Waals surface area (Å²) in [5.41, 5.74) is 7.08. The SMILES string of the molecule is CC1CCC(OCCCC(=O)Nc2cccc(N)c2)CC1. The number of anilines is 2. The minimum absolute atomic E-state index is 0.0152. The van der Waals surface area contributed by atoms with Crippen LogP contribution in [0, 0.1) is 5.92 Å². The van der Waals surface area contributed by atoms with E-state index in [0.29, 0.717) is 24.8 Å². The van der Waals surface area contributed by atoms with Gasteiger partial charge in [0.25, 0.3) is 0 Å². The lowest BCUT2D eigenvalue weighted by atomic mass is 9.89. The second-order valence-corrected chi connectivity index (χ2v) is 6.03. The molecule has 4 nitrogen and oxygen atoms in total. The second kappa shape index (κ2) is 8.03. The molecule has 1 amide bonds. The van der Waals surface area contributed by atoms with Gasteiger partial charge >= 0.3 is 0 Å². The number of benzene rings is 1. The van der Waals surface area contributed by atoms with Crippen molar-refractivity contribution in [1.29, 1.82) is 0 Å². The topological polar surface area (TPSA) is 64.3 Å². The van der Waals surface area contributed by atoms with Crippen molar-refractivity contribution in [3.05, 3.63) is 24.3 Å². The molecule has 1 aromatic rings. The van der Waals surface area contributed by atoms with E-state index in [2.05, 4.69) is 12.2 Å². The van der Waals surface area contributed by atoms with E-state index in [-0.39, 0.29) is 5.91 Å². The van der Waals surface area contributed by atoms with Gasteiger partial charge in [0.1, 0.15) is 0 Å². The van der Waals surface area contributed by atoms with Crippen LogP contribution in [0.2, 0.25) is 0 Å². The predicted octanol–water partition coefficient (Wildman–Crippen LogP) is 3.58. The zero-order valence-electron chi connectivity index (χ0n) is 12.8. The number of nitrogens with one attached hydrogen (secondary N) is 1. The molecule has 0 aromatic heterocycles. The maximum Gasteiger partial charge on any atom is 0.224 e. The fraction of sp³-hybridized carbons (Fsp3) is 0.588. The molecule has 1 fully saturated rings. The Kier molecular flexibility index (Phi) is 6.05. The third-order valence-electron chi connectivity index (χ3n) is 4.03. The zero-order chi connectivity index (χ0) is 15.1. The van der Waals surface area contributed by atoms with E-state index >= 15 is 0 Å². The molecule has 0 atom stereocenters. The Morgan fingerprint density at radius 1 is 1.33 bits per heavy atom. The van der Waals surface area contributed by atoms with Crippen molar-refractivity contribution in [2.24, 2.45) is 5.92 Å². The highest BCUT2D eigenvalue weighted by Crippen LogP contribution is 2.25. The van der Waals surface area contributed by atoms with Crippen molar-refractivity contribution in [3.63, 3.8) is 0 Å². The predicted molar refractivity (Wildman–Crippen MR) is 86.1 cm³/mol. The first kappa shape index (κ1) is 15.8. The van der Waals surface area contributed by atoms with Crippen LogP contribution in [-0.2, 0) is 9.53 Å². The Hall–Kier alpha value is -1.55. The van der Waals surface area contributed by atoms with Crippen LogP contribution in [0.5, 0.6) is 0 Å². The molecule has 21 heavy (non-hydrogen) atoms. The molecule has 3 N–H and O–H groups in total. The molecular weight excluding hydrogens is 264 g/mol. The van der Waals surface area contributed by atoms with E-state index in [0.717, 1.165) is 30.9 Å². The van der Waals surface area contributed by atoms with Crippen molar-refractivity contribution < 1.29 is 9.53 Å². The number of rotatable bonds is 6. The van der Waals surface area contributed by atoms with Crippen molar-refractivity contribution in [2.45, 2.75) is 51.6 Å². The number of nitrogen functional groups attached to an aromatic ring is 1. The van der Waals surface area contributed by atoms with Crippen molar-refractivity contribution in [1.82, 2.24) is 0 Å². The first-order valence-electron chi connectivity index (χ1n) is 7.90. The van der Waals surface area contributed by atoms with E-state index < -0.39 is 0 Å². The van der Waals surface area contributed by atoms with Crippen LogP contribution in [0.15, 0.2) is 24.3 Å². The van der Waals surface area contributed by atoms with Crippen LogP contribution in [0.1, 0.15) is 45.4 Å². The first-order valence-corrected chi connectivity index (χ1v) is 7.90. The van der Waals surface area contributed by atoms with Crippen LogP contribution in [0.4, 0.5) is 11.4 Å². The van der Waals surface area contributed by atoms with Crippen LogP contribution >= 0.6 is 0 Å². The average molecular weight is 290 g/mol. The van der Waals surface area contributed by atoms with Gasteiger partial charge < -0.3 is 15.8 Å². The highest BCUT2D eigenvalue weighted by Gasteiger charge is 2.18. The van der Waals surface area contributed by atoms with Gasteiger partial charge in [0.2, 0.25) is 5.91 Å². The number of amides is 1. The first-order chi connectivity index (χ1) is 10.1. The van der Waals surface area contributed by atoms with Crippen LogP contribution in [0.3, 0.4) is 0 Å². The third-order valence-corrected chi connectivity index (χ3v) is 4.03. The molecule has 0 unspecified atom stereocenters. The Morgan fingerprint density at radius 2 is 2.10 bits per heavy atom. The highest BCUT2D eigenvalue weighted by molar-refractivity contribution is 5.91. The van der Waals surface area contributed by atoms with Gasteiger partial charge in [-0.3, -0.25) is 4.79 Å². The summed E-state index contributed by atoms with van der Waals surface area (Å²) in [6, 6.07) is 7.23. The summed E-state index contributed by atoms with van der Waals surface area (Å²) in [5.74, 6) is 0.857. The van der Waals surface area contributed by atoms with Gasteiger partial charge in [-0.25, -0.2) is 0 Å². The molecular formula is C17H26N2O2. The Bertz CT molecular complexity index is 454. The molecule has 1 aliphatic rings. The number of ether oxygens (including phenoxy) is 1. The summed E-state index contributed by atoms with van der Waals surface area (Å²) in [4.78, 5) is 11.8. The number of hydrogen-bond donors (Lipinski definition) is 2. The Morgan fingerprint density at radius 3 is 2.81 bits per heavy atom. The van der Waals surface area contributed by atoms with Crippen molar-refractivity contribution in [2.75, 3.05) is 17.7 Å². The maximum absolute atomic E-state index is 11.8. The van der Waals surface area contributed by atoms with E-state index in [9.17, 15) is 4.79 Å². The monoisotopic (exact) mass is 290 g/mol. The van der Waals surface area contributed by atoms with Gasteiger partial charge in [-0.05, 0) is 56.2 Å². The van der Waals surface area contributed by atoms with Gasteiger partial charge in [0.15, 0.2) is 0 Å². The van der Waals surface area contributed by atoms with Gasteiger partial charge in [-0.1, -0.05) is 13.0 Å². The zero-order valence-corrected chi connectivity index (χ0v) is 12.8. The molecule has 116 valence electrons. The number of carbonyl (C=O) groups excluding carboxylic acids is 1. The minimum Gasteiger partial charge on any atom is -0.399 e. The quantitative estimate of drug-likeness (QED) is 0.621. The van der Waals surface area contributed by atoms with Crippen LogP contribution < -0.4 is 11.1 Å². The summed E-state index contributed by atoms with van der Waals surface area (Å²) in [7, 11) is 0. The largest absolute Gasteiger partial charge is 0.399 e. The van der Waals surface area contributed by atoms with Crippen molar-refractivity contribution in [3.8, 4) is 0 Å². The summed E-state index contributed by atoms with van der Waals surface area (Å²) < 4.78 is 5.85. The lowest BCUT2D eigenvalue weighted by molar-refractivity contribution is -0.116. The summed E-state index contributed by atoms with van der Waals surface area (Å²) in [6.07, 6.45) is 6.50. The minimum atomic E-state index is 0.0152. The Balaban J connectivity index is 1.59. The van der Waals surface area contributed by atoms with Gasteiger partial charge in [-0.2, -0.15) is 0 Å². The van der Waals surface area contributed by atoms with Crippen molar-refractivity contribution >= 4 is 17.3 Å². The van der Waals surface area contributed by atoms with Crippen LogP contribution in [0.25, 0.3) is 0 Å². The smallest absolute Gasteiger partial charge is 0.224 e. The molecule has 0 aliphatic heterocycles. The molecule has 0 bridgehead atoms. The second-order valence-electron chi connectivity index (χ2n) is 6.03. The van der Waals surface area contributed by atoms with Gasteiger partial charge in [-0.15, -0.1) is 0 Å². The summed E-state index contributed by atoms with van der Waals surface area (Å²) in [6.45, 7) is 2.97. The maximum atomic E-state index is 11.8. The van der Waals surface area contributed by atoms with E-state index in [1.807, 2.05) is 12.1 Å². The molecule has 1 aliphatic carbocycles. The molecule has 0 heterocycles. The molecule has 0 spiro atoms. The van der Waals surface area contributed by atoms with Crippen LogP contribution in [-0.4, -0.2) is 18.6 Å². The van der Waals surface area contributed by atoms with Gasteiger partial charge in [0.05, 0.1) is 6.10 Å². The standard InChI is InChI=1S/C17H26N2O2/c1-13-7-9-16(10-8-13)21-11-3-6-17(20)19-15-5-2-4-14(18)12-15/h2,4-5,12-13,16H,3,6-11,18H2,1H3,(H,19,20). The molecule has 0 radical (unpaired) electrons. The normalized spacial score (nSPS) is 22.0. The molecule has 1 aromatic carbocycles. The lowest BCUT2D eigenvalue weighted by Crippen LogP contribution is -2.21. The number of nitrogens with two attached hydrogens (primary N) is 1. The number of carbonyl (C=O) groups is 1. The van der Waals surface area contributed by atoms with Gasteiger partial charge in [0, 0.05) is 24.4 Å². The summed E-state index contributed by atoms with van der Waals surface area (Å²) in [5, 5.41) is 2.85. The number of hydrogen-bond acceptors (Lipinski definition) is 3. The third kappa shape index (κ3) is 5.76. The van der Waals surface area contributed by atoms with E-state index in [1.165, 1.54) is 12.8 Å². The Labute approximate surface area is 127 Å². The lowest BCUT2D eigenvalue weighted by Gasteiger charge is -2.26. The molecule has 0 saturated heterocycles. The fourth-order valence-electron chi connectivity index (χ4n) is 2.72.